The number of anilines is 3. The lowest BCUT2D eigenvalue weighted by Gasteiger charge is -2.09. The maximum atomic E-state index is 5.93. The first kappa shape index (κ1) is 13.4. The smallest absolute Gasteiger partial charge is 0.132 e. The van der Waals surface area contributed by atoms with Crippen LogP contribution >= 0.6 is 34.2 Å². The fourth-order valence-electron chi connectivity index (χ4n) is 1.51. The van der Waals surface area contributed by atoms with Gasteiger partial charge >= 0.3 is 0 Å². The minimum Gasteiger partial charge on any atom is -0.370 e. The molecule has 1 aromatic carbocycles. The molecule has 0 aliphatic heterocycles. The van der Waals surface area contributed by atoms with E-state index in [1.807, 2.05) is 43.3 Å². The van der Waals surface area contributed by atoms with Crippen LogP contribution < -0.4 is 10.6 Å². The van der Waals surface area contributed by atoms with Crippen molar-refractivity contribution in [2.45, 2.75) is 6.92 Å². The van der Waals surface area contributed by atoms with Crippen LogP contribution in [0.25, 0.3) is 0 Å². The third kappa shape index (κ3) is 3.49. The molecule has 0 saturated heterocycles. The van der Waals surface area contributed by atoms with E-state index in [1.54, 1.807) is 0 Å². The summed E-state index contributed by atoms with van der Waals surface area (Å²) in [6, 6.07) is 11.6. The van der Waals surface area contributed by atoms with E-state index in [0.29, 0.717) is 0 Å². The van der Waals surface area contributed by atoms with E-state index < -0.39 is 0 Å². The summed E-state index contributed by atoms with van der Waals surface area (Å²) in [6.45, 7) is 2.90. The van der Waals surface area contributed by atoms with Gasteiger partial charge < -0.3 is 10.6 Å². The Balaban J connectivity index is 2.20. The molecule has 18 heavy (non-hydrogen) atoms. The Morgan fingerprint density at radius 3 is 2.72 bits per heavy atom. The van der Waals surface area contributed by atoms with Crippen molar-refractivity contribution in [3.05, 3.63) is 45.0 Å². The average molecular weight is 374 g/mol. The molecule has 1 heterocycles. The van der Waals surface area contributed by atoms with Gasteiger partial charge in [-0.15, -0.1) is 0 Å². The van der Waals surface area contributed by atoms with Gasteiger partial charge in [-0.1, -0.05) is 17.7 Å². The van der Waals surface area contributed by atoms with Gasteiger partial charge in [-0.25, -0.2) is 4.98 Å². The van der Waals surface area contributed by atoms with Crippen molar-refractivity contribution in [3.63, 3.8) is 0 Å². The van der Waals surface area contributed by atoms with Crippen LogP contribution in [0.2, 0.25) is 5.02 Å². The van der Waals surface area contributed by atoms with Gasteiger partial charge in [0.2, 0.25) is 0 Å². The number of benzene rings is 1. The molecule has 0 fully saturated rings. The third-order valence-corrected chi connectivity index (χ3v) is 3.43. The molecule has 0 spiro atoms. The van der Waals surface area contributed by atoms with E-state index in [0.717, 1.165) is 32.5 Å². The summed E-state index contributed by atoms with van der Waals surface area (Å²) in [4.78, 5) is 4.46. The summed E-state index contributed by atoms with van der Waals surface area (Å²) in [7, 11) is 0. The van der Waals surface area contributed by atoms with Crippen molar-refractivity contribution < 1.29 is 0 Å². The first-order valence-corrected chi connectivity index (χ1v) is 7.07. The molecule has 0 aliphatic carbocycles. The molecule has 5 heteroatoms. The molecule has 0 radical (unpaired) electrons. The highest BCUT2D eigenvalue weighted by atomic mass is 127. The second-order valence-corrected chi connectivity index (χ2v) is 5.29. The summed E-state index contributed by atoms with van der Waals surface area (Å²) in [6.07, 6.45) is 0. The van der Waals surface area contributed by atoms with Crippen LogP contribution in [0.3, 0.4) is 0 Å². The molecule has 2 N–H and O–H groups in total. The van der Waals surface area contributed by atoms with Gasteiger partial charge in [0.1, 0.15) is 11.6 Å². The zero-order valence-electron chi connectivity index (χ0n) is 9.87. The van der Waals surface area contributed by atoms with Crippen LogP contribution in [0.5, 0.6) is 0 Å². The SMILES string of the molecule is CCNc1cccc(Nc2ccc(Cl)cc2I)n1. The first-order valence-electron chi connectivity index (χ1n) is 5.62. The molecule has 2 rings (SSSR count). The van der Waals surface area contributed by atoms with Gasteiger partial charge in [0.05, 0.1) is 5.69 Å². The second-order valence-electron chi connectivity index (χ2n) is 3.69. The predicted octanol–water partition coefficient (Wildman–Crippen LogP) is 4.52. The van der Waals surface area contributed by atoms with Crippen LogP contribution in [0.4, 0.5) is 17.3 Å². The van der Waals surface area contributed by atoms with Gasteiger partial charge in [-0.3, -0.25) is 0 Å². The number of rotatable bonds is 4. The van der Waals surface area contributed by atoms with E-state index in [9.17, 15) is 0 Å². The lowest BCUT2D eigenvalue weighted by atomic mass is 10.3. The predicted molar refractivity (Wildman–Crippen MR) is 85.9 cm³/mol. The fraction of sp³-hybridized carbons (Fsp3) is 0.154. The maximum Gasteiger partial charge on any atom is 0.132 e. The van der Waals surface area contributed by atoms with Crippen LogP contribution in [0.1, 0.15) is 6.92 Å². The van der Waals surface area contributed by atoms with Crippen molar-refractivity contribution >= 4 is 51.5 Å². The van der Waals surface area contributed by atoms with Gasteiger partial charge in [-0.2, -0.15) is 0 Å². The maximum absolute atomic E-state index is 5.93. The number of aromatic nitrogens is 1. The normalized spacial score (nSPS) is 10.2. The topological polar surface area (TPSA) is 37.0 Å². The summed E-state index contributed by atoms with van der Waals surface area (Å²) in [5.41, 5.74) is 1.00. The minimum atomic E-state index is 0.735. The van der Waals surface area contributed by atoms with Gasteiger partial charge in [0, 0.05) is 15.1 Å². The molecule has 0 aliphatic rings. The van der Waals surface area contributed by atoms with Crippen molar-refractivity contribution in [2.75, 3.05) is 17.2 Å². The van der Waals surface area contributed by atoms with Crippen LogP contribution in [-0.2, 0) is 0 Å². The Labute approximate surface area is 125 Å². The van der Waals surface area contributed by atoms with E-state index in [-0.39, 0.29) is 0 Å². The molecule has 2 aromatic rings. The van der Waals surface area contributed by atoms with Crippen LogP contribution in [0, 0.1) is 3.57 Å². The number of nitrogens with zero attached hydrogens (tertiary/aromatic N) is 1. The van der Waals surface area contributed by atoms with Gasteiger partial charge in [0.25, 0.3) is 0 Å². The monoisotopic (exact) mass is 373 g/mol. The molecule has 3 nitrogen and oxygen atoms in total. The molecule has 94 valence electrons. The summed E-state index contributed by atoms with van der Waals surface area (Å²) >= 11 is 8.18. The Kier molecular flexibility index (Phi) is 4.66. The highest BCUT2D eigenvalue weighted by molar-refractivity contribution is 14.1. The first-order chi connectivity index (χ1) is 8.69. The number of nitrogens with one attached hydrogen (secondary N) is 2. The van der Waals surface area contributed by atoms with Crippen molar-refractivity contribution in [2.24, 2.45) is 0 Å². The highest BCUT2D eigenvalue weighted by Gasteiger charge is 2.02. The summed E-state index contributed by atoms with van der Waals surface area (Å²) in [5.74, 6) is 1.68. The second kappa shape index (κ2) is 6.24. The molecular formula is C13H13ClIN3. The van der Waals surface area contributed by atoms with Gasteiger partial charge in [-0.05, 0) is 59.8 Å². The Hall–Kier alpha value is -1.01. The summed E-state index contributed by atoms with van der Waals surface area (Å²) in [5, 5.41) is 7.20. The van der Waals surface area contributed by atoms with Crippen LogP contribution in [0.15, 0.2) is 36.4 Å². The van der Waals surface area contributed by atoms with Crippen molar-refractivity contribution in [3.8, 4) is 0 Å². The van der Waals surface area contributed by atoms with E-state index >= 15 is 0 Å². The number of hydrogen-bond donors (Lipinski definition) is 2. The number of pyridine rings is 1. The Morgan fingerprint density at radius 2 is 2.00 bits per heavy atom. The molecule has 0 amide bonds. The van der Waals surface area contributed by atoms with E-state index in [4.69, 9.17) is 11.6 Å². The minimum absolute atomic E-state index is 0.735. The highest BCUT2D eigenvalue weighted by Crippen LogP contribution is 2.25. The standard InChI is InChI=1S/C13H13ClIN3/c1-2-16-12-4-3-5-13(18-12)17-11-7-6-9(14)8-10(11)15/h3-8H,2H2,1H3,(H2,16,17,18). The fourth-order valence-corrected chi connectivity index (χ4v) is 2.52. The zero-order valence-corrected chi connectivity index (χ0v) is 12.8. The van der Waals surface area contributed by atoms with E-state index in [2.05, 4.69) is 38.2 Å². The molecule has 0 bridgehead atoms. The van der Waals surface area contributed by atoms with E-state index in [1.165, 1.54) is 0 Å². The Morgan fingerprint density at radius 1 is 1.22 bits per heavy atom. The number of halogens is 2. The van der Waals surface area contributed by atoms with Crippen molar-refractivity contribution in [1.82, 2.24) is 4.98 Å². The Bertz CT molecular complexity index is 546. The lowest BCUT2D eigenvalue weighted by Crippen LogP contribution is -2.01. The van der Waals surface area contributed by atoms with Gasteiger partial charge in [0.15, 0.2) is 0 Å². The third-order valence-electron chi connectivity index (χ3n) is 2.30. The number of hydrogen-bond acceptors (Lipinski definition) is 3. The molecule has 0 atom stereocenters. The molecule has 1 aromatic heterocycles. The average Bonchev–Trinajstić information content (AvgIpc) is 2.34. The molecule has 0 saturated carbocycles. The largest absolute Gasteiger partial charge is 0.370 e. The molecule has 0 unspecified atom stereocenters. The van der Waals surface area contributed by atoms with Crippen molar-refractivity contribution in [1.29, 1.82) is 0 Å². The summed E-state index contributed by atoms with van der Waals surface area (Å²) < 4.78 is 1.07. The van der Waals surface area contributed by atoms with Crippen LogP contribution in [-0.4, -0.2) is 11.5 Å². The lowest BCUT2D eigenvalue weighted by molar-refractivity contribution is 1.16. The quantitative estimate of drug-likeness (QED) is 0.774. The molecular weight excluding hydrogens is 361 g/mol. The zero-order chi connectivity index (χ0) is 13.0.